The molecule has 3 aromatic carbocycles. The Bertz CT molecular complexity index is 1080. The Morgan fingerprint density at radius 1 is 1.00 bits per heavy atom. The number of rotatable bonds is 4. The molecular formula is C21H15ClF3NO3. The summed E-state index contributed by atoms with van der Waals surface area (Å²) in [5.41, 5.74) is -0.932. The third-order valence-electron chi connectivity index (χ3n) is 4.19. The molecule has 0 aliphatic heterocycles. The average Bonchev–Trinajstić information content (AvgIpc) is 2.68. The Labute approximate surface area is 169 Å². The van der Waals surface area contributed by atoms with Crippen molar-refractivity contribution in [2.24, 2.45) is 0 Å². The summed E-state index contributed by atoms with van der Waals surface area (Å²) in [7, 11) is 0. The monoisotopic (exact) mass is 421 g/mol. The number of amides is 1. The van der Waals surface area contributed by atoms with E-state index in [4.69, 9.17) is 16.3 Å². The maximum atomic E-state index is 12.8. The summed E-state index contributed by atoms with van der Waals surface area (Å²) in [6.07, 6.45) is -5.84. The van der Waals surface area contributed by atoms with E-state index in [0.717, 1.165) is 29.0 Å². The minimum absolute atomic E-state index is 0.0700. The van der Waals surface area contributed by atoms with E-state index < -0.39 is 29.7 Å². The van der Waals surface area contributed by atoms with E-state index in [0.29, 0.717) is 0 Å². The van der Waals surface area contributed by atoms with E-state index in [1.807, 2.05) is 24.3 Å². The fourth-order valence-corrected chi connectivity index (χ4v) is 2.79. The van der Waals surface area contributed by atoms with Crippen LogP contribution in [0.5, 0.6) is 0 Å². The highest BCUT2D eigenvalue weighted by atomic mass is 35.5. The number of hydrogen-bond acceptors (Lipinski definition) is 3. The highest BCUT2D eigenvalue weighted by Crippen LogP contribution is 2.33. The topological polar surface area (TPSA) is 55.4 Å². The normalized spacial score (nSPS) is 12.4. The molecule has 29 heavy (non-hydrogen) atoms. The van der Waals surface area contributed by atoms with Crippen LogP contribution in [-0.4, -0.2) is 18.0 Å². The van der Waals surface area contributed by atoms with Gasteiger partial charge in [0.25, 0.3) is 5.91 Å². The molecule has 1 N–H and O–H groups in total. The summed E-state index contributed by atoms with van der Waals surface area (Å²) >= 11 is 5.86. The zero-order valence-corrected chi connectivity index (χ0v) is 15.8. The first-order valence-electron chi connectivity index (χ1n) is 8.52. The van der Waals surface area contributed by atoms with E-state index in [2.05, 4.69) is 5.32 Å². The quantitative estimate of drug-likeness (QED) is 0.550. The van der Waals surface area contributed by atoms with Gasteiger partial charge in [0.2, 0.25) is 0 Å². The fraction of sp³-hybridized carbons (Fsp3) is 0.143. The van der Waals surface area contributed by atoms with Crippen molar-refractivity contribution >= 4 is 39.9 Å². The van der Waals surface area contributed by atoms with Crippen molar-refractivity contribution in [3.8, 4) is 0 Å². The first kappa shape index (κ1) is 20.7. The lowest BCUT2D eigenvalue weighted by atomic mass is 10.1. The molecule has 0 unspecified atom stereocenters. The maximum Gasteiger partial charge on any atom is 0.416 e. The number of hydrogen-bond donors (Lipinski definition) is 1. The van der Waals surface area contributed by atoms with Crippen molar-refractivity contribution in [2.45, 2.75) is 19.2 Å². The van der Waals surface area contributed by atoms with Crippen molar-refractivity contribution in [3.63, 3.8) is 0 Å². The van der Waals surface area contributed by atoms with Crippen LogP contribution in [0.15, 0.2) is 60.7 Å². The fourth-order valence-electron chi connectivity index (χ4n) is 2.63. The van der Waals surface area contributed by atoms with E-state index in [1.54, 1.807) is 18.2 Å². The molecule has 0 fully saturated rings. The predicted octanol–water partition coefficient (Wildman–Crippen LogP) is 5.70. The molecule has 1 amide bonds. The standard InChI is InChI=1S/C21H15ClF3NO3/c1-12(19(27)26-18-11-16(21(23,24)25)8-9-17(18)22)29-20(28)15-7-6-13-4-2-3-5-14(13)10-15/h2-12H,1H3,(H,26,27)/t12-/m1/s1. The van der Waals surface area contributed by atoms with Gasteiger partial charge in [0.05, 0.1) is 21.8 Å². The van der Waals surface area contributed by atoms with Crippen LogP contribution >= 0.6 is 11.6 Å². The number of carbonyl (C=O) groups excluding carboxylic acids is 2. The van der Waals surface area contributed by atoms with E-state index in [-0.39, 0.29) is 16.3 Å². The van der Waals surface area contributed by atoms with Crippen LogP contribution in [0.2, 0.25) is 5.02 Å². The lowest BCUT2D eigenvalue weighted by Crippen LogP contribution is -2.30. The molecule has 8 heteroatoms. The number of nitrogens with one attached hydrogen (secondary N) is 1. The molecule has 0 spiro atoms. The summed E-state index contributed by atoms with van der Waals surface area (Å²) in [6.45, 7) is 1.32. The number of fused-ring (bicyclic) bond motifs is 1. The first-order valence-corrected chi connectivity index (χ1v) is 8.90. The Morgan fingerprint density at radius 2 is 1.69 bits per heavy atom. The molecular weight excluding hydrogens is 407 g/mol. The first-order chi connectivity index (χ1) is 13.6. The molecule has 3 rings (SSSR count). The van der Waals surface area contributed by atoms with Gasteiger partial charge in [0.1, 0.15) is 0 Å². The molecule has 0 heterocycles. The van der Waals surface area contributed by atoms with Gasteiger partial charge >= 0.3 is 12.1 Å². The number of ether oxygens (including phenoxy) is 1. The maximum absolute atomic E-state index is 12.8. The molecule has 0 radical (unpaired) electrons. The number of alkyl halides is 3. The molecule has 3 aromatic rings. The number of esters is 1. The van der Waals surface area contributed by atoms with Crippen LogP contribution < -0.4 is 5.32 Å². The van der Waals surface area contributed by atoms with Crippen LogP contribution in [0.1, 0.15) is 22.8 Å². The molecule has 4 nitrogen and oxygen atoms in total. The number of anilines is 1. The van der Waals surface area contributed by atoms with E-state index >= 15 is 0 Å². The van der Waals surface area contributed by atoms with Crippen molar-refractivity contribution in [1.29, 1.82) is 0 Å². The molecule has 0 aliphatic carbocycles. The number of carbonyl (C=O) groups is 2. The van der Waals surface area contributed by atoms with Crippen molar-refractivity contribution in [1.82, 2.24) is 0 Å². The average molecular weight is 422 g/mol. The second kappa shape index (κ2) is 8.13. The zero-order valence-electron chi connectivity index (χ0n) is 15.1. The minimum atomic E-state index is -4.59. The van der Waals surface area contributed by atoms with Gasteiger partial charge in [-0.15, -0.1) is 0 Å². The summed E-state index contributed by atoms with van der Waals surface area (Å²) < 4.78 is 43.7. The highest BCUT2D eigenvalue weighted by molar-refractivity contribution is 6.33. The Kier molecular flexibility index (Phi) is 5.79. The Morgan fingerprint density at radius 3 is 2.38 bits per heavy atom. The van der Waals surface area contributed by atoms with E-state index in [1.165, 1.54) is 6.92 Å². The summed E-state index contributed by atoms with van der Waals surface area (Å²) in [4.78, 5) is 24.6. The molecule has 0 aliphatic rings. The van der Waals surface area contributed by atoms with Crippen LogP contribution in [-0.2, 0) is 15.7 Å². The Balaban J connectivity index is 1.71. The highest BCUT2D eigenvalue weighted by Gasteiger charge is 2.31. The lowest BCUT2D eigenvalue weighted by Gasteiger charge is -2.16. The smallest absolute Gasteiger partial charge is 0.416 e. The Hall–Kier alpha value is -3.06. The SMILES string of the molecule is C[C@@H](OC(=O)c1ccc2ccccc2c1)C(=O)Nc1cc(C(F)(F)F)ccc1Cl. The zero-order chi connectivity index (χ0) is 21.2. The molecule has 0 saturated carbocycles. The molecule has 0 saturated heterocycles. The van der Waals surface area contributed by atoms with Gasteiger partial charge in [-0.05, 0) is 48.0 Å². The van der Waals surface area contributed by atoms with Crippen LogP contribution in [0.25, 0.3) is 10.8 Å². The largest absolute Gasteiger partial charge is 0.449 e. The lowest BCUT2D eigenvalue weighted by molar-refractivity contribution is -0.137. The number of benzene rings is 3. The van der Waals surface area contributed by atoms with Crippen molar-refractivity contribution in [2.75, 3.05) is 5.32 Å². The number of halogens is 4. The molecule has 0 bridgehead atoms. The van der Waals surface area contributed by atoms with Crippen LogP contribution in [0.3, 0.4) is 0 Å². The van der Waals surface area contributed by atoms with Gasteiger partial charge in [-0.25, -0.2) is 4.79 Å². The van der Waals surface area contributed by atoms with Crippen molar-refractivity contribution in [3.05, 3.63) is 76.8 Å². The van der Waals surface area contributed by atoms with Crippen LogP contribution in [0, 0.1) is 0 Å². The summed E-state index contributed by atoms with van der Waals surface area (Å²) in [6, 6.07) is 14.9. The molecule has 0 aromatic heterocycles. The molecule has 150 valence electrons. The van der Waals surface area contributed by atoms with Gasteiger partial charge in [-0.1, -0.05) is 41.9 Å². The van der Waals surface area contributed by atoms with Crippen molar-refractivity contribution < 1.29 is 27.5 Å². The van der Waals surface area contributed by atoms with Gasteiger partial charge < -0.3 is 10.1 Å². The van der Waals surface area contributed by atoms with Crippen LogP contribution in [0.4, 0.5) is 18.9 Å². The van der Waals surface area contributed by atoms with Gasteiger partial charge in [0.15, 0.2) is 6.10 Å². The third-order valence-corrected chi connectivity index (χ3v) is 4.52. The second-order valence-corrected chi connectivity index (χ2v) is 6.70. The molecule has 1 atom stereocenters. The third kappa shape index (κ3) is 4.86. The van der Waals surface area contributed by atoms with Gasteiger partial charge in [0, 0.05) is 0 Å². The minimum Gasteiger partial charge on any atom is -0.449 e. The second-order valence-electron chi connectivity index (χ2n) is 6.29. The van der Waals surface area contributed by atoms with Gasteiger partial charge in [-0.2, -0.15) is 13.2 Å². The summed E-state index contributed by atoms with van der Waals surface area (Å²) in [5, 5.41) is 3.96. The van der Waals surface area contributed by atoms with E-state index in [9.17, 15) is 22.8 Å². The summed E-state index contributed by atoms with van der Waals surface area (Å²) in [5.74, 6) is -1.53. The van der Waals surface area contributed by atoms with Gasteiger partial charge in [-0.3, -0.25) is 4.79 Å². The predicted molar refractivity (Wildman–Crippen MR) is 104 cm³/mol.